The van der Waals surface area contributed by atoms with E-state index in [1.807, 2.05) is 0 Å². The maximum Gasteiger partial charge on any atom is 0.293 e. The third kappa shape index (κ3) is 6.01. The van der Waals surface area contributed by atoms with Crippen LogP contribution in [0.1, 0.15) is 16.7 Å². The molecule has 0 saturated carbocycles. The van der Waals surface area contributed by atoms with Crippen molar-refractivity contribution in [3.63, 3.8) is 0 Å². The van der Waals surface area contributed by atoms with E-state index in [9.17, 15) is 14.0 Å². The zero-order valence-corrected chi connectivity index (χ0v) is 22.1. The number of carbonyl (C=O) groups excluding carboxylic acids is 2. The first-order chi connectivity index (χ1) is 16.7. The molecule has 35 heavy (non-hydrogen) atoms. The van der Waals surface area contributed by atoms with E-state index < -0.39 is 11.1 Å². The van der Waals surface area contributed by atoms with E-state index >= 15 is 0 Å². The first kappa shape index (κ1) is 25.6. The number of carbonyl (C=O) groups is 2. The Balaban J connectivity index is 1.53. The van der Waals surface area contributed by atoms with Crippen LogP contribution in [0.15, 0.2) is 64.0 Å². The lowest BCUT2D eigenvalue weighted by Crippen LogP contribution is -2.27. The number of hydrogen-bond acceptors (Lipinski definition) is 5. The Morgan fingerprint density at radius 3 is 2.51 bits per heavy atom. The third-order valence-corrected chi connectivity index (χ3v) is 7.15. The molecule has 0 radical (unpaired) electrons. The highest BCUT2D eigenvalue weighted by molar-refractivity contribution is 9.10. The molecule has 1 saturated heterocycles. The first-order valence-corrected chi connectivity index (χ1v) is 12.6. The van der Waals surface area contributed by atoms with Crippen molar-refractivity contribution < 1.29 is 23.5 Å². The largest absolute Gasteiger partial charge is 0.493 e. The van der Waals surface area contributed by atoms with Crippen molar-refractivity contribution in [1.29, 1.82) is 0 Å². The first-order valence-electron chi connectivity index (χ1n) is 10.2. The van der Waals surface area contributed by atoms with Gasteiger partial charge in [0, 0.05) is 10.0 Å². The summed E-state index contributed by atoms with van der Waals surface area (Å²) < 4.78 is 25.1. The Morgan fingerprint density at radius 1 is 1.09 bits per heavy atom. The monoisotopic (exact) mass is 595 g/mol. The summed E-state index contributed by atoms with van der Waals surface area (Å²) in [5, 5.41) is 0.459. The Hall–Kier alpha value is -2.52. The number of methoxy groups -OCH3 is 1. The van der Waals surface area contributed by atoms with E-state index in [0.717, 1.165) is 22.2 Å². The van der Waals surface area contributed by atoms with E-state index in [1.54, 1.807) is 48.5 Å². The minimum atomic E-state index is -0.419. The fraction of sp³-hybridized carbons (Fsp3) is 0.120. The van der Waals surface area contributed by atoms with E-state index in [2.05, 4.69) is 15.9 Å². The summed E-state index contributed by atoms with van der Waals surface area (Å²) in [7, 11) is 1.50. The van der Waals surface area contributed by atoms with Crippen molar-refractivity contribution in [3.05, 3.63) is 96.5 Å². The van der Waals surface area contributed by atoms with Crippen LogP contribution in [-0.2, 0) is 17.9 Å². The Kier molecular flexibility index (Phi) is 8.06. The standard InChI is InChI=1S/C25H17BrCl2FNO4S/c1-33-21-9-15(8-19(26)23(21)34-13-14-2-6-18(29)7-3-14)10-22-24(31)30(25(32)35-22)12-16-4-5-17(27)11-20(16)28/h2-11H,12-13H2,1H3/b22-10+. The number of nitrogens with zero attached hydrogens (tertiary/aromatic N) is 1. The average Bonchev–Trinajstić information content (AvgIpc) is 3.08. The number of benzene rings is 3. The van der Waals surface area contributed by atoms with Crippen LogP contribution in [0.3, 0.4) is 0 Å². The van der Waals surface area contributed by atoms with Gasteiger partial charge in [-0.2, -0.15) is 0 Å². The van der Waals surface area contributed by atoms with Gasteiger partial charge < -0.3 is 9.47 Å². The van der Waals surface area contributed by atoms with Crippen molar-refractivity contribution >= 4 is 68.1 Å². The summed E-state index contributed by atoms with van der Waals surface area (Å²) in [6.45, 7) is 0.252. The van der Waals surface area contributed by atoms with Gasteiger partial charge in [-0.05, 0) is 86.9 Å². The lowest BCUT2D eigenvalue weighted by atomic mass is 10.1. The number of imide groups is 1. The summed E-state index contributed by atoms with van der Waals surface area (Å²) in [4.78, 5) is 26.9. The normalized spacial score (nSPS) is 14.7. The molecule has 0 atom stereocenters. The summed E-state index contributed by atoms with van der Waals surface area (Å²) >= 11 is 16.5. The topological polar surface area (TPSA) is 55.8 Å². The molecule has 1 aliphatic heterocycles. The lowest BCUT2D eigenvalue weighted by molar-refractivity contribution is -0.123. The predicted octanol–water partition coefficient (Wildman–Crippen LogP) is 7.72. The molecule has 180 valence electrons. The van der Waals surface area contributed by atoms with Crippen LogP contribution in [0.5, 0.6) is 11.5 Å². The molecule has 1 aliphatic rings. The molecule has 3 aromatic rings. The molecular weight excluding hydrogens is 580 g/mol. The molecular formula is C25H17BrCl2FNO4S. The maximum absolute atomic E-state index is 13.1. The third-order valence-electron chi connectivity index (χ3n) is 5.06. The quantitative estimate of drug-likeness (QED) is 0.261. The Labute approximate surface area is 223 Å². The van der Waals surface area contributed by atoms with Gasteiger partial charge in [-0.15, -0.1) is 0 Å². The molecule has 0 aromatic heterocycles. The minimum Gasteiger partial charge on any atom is -0.493 e. The van der Waals surface area contributed by atoms with Crippen LogP contribution < -0.4 is 9.47 Å². The summed E-state index contributed by atoms with van der Waals surface area (Å²) in [6, 6.07) is 14.4. The molecule has 0 N–H and O–H groups in total. The number of ether oxygens (including phenoxy) is 2. The van der Waals surface area contributed by atoms with Crippen LogP contribution in [0.4, 0.5) is 9.18 Å². The van der Waals surface area contributed by atoms with Crippen molar-refractivity contribution in [3.8, 4) is 11.5 Å². The van der Waals surface area contributed by atoms with Gasteiger partial charge in [0.1, 0.15) is 12.4 Å². The highest BCUT2D eigenvalue weighted by Crippen LogP contribution is 2.40. The number of halogens is 4. The highest BCUT2D eigenvalue weighted by atomic mass is 79.9. The van der Waals surface area contributed by atoms with Gasteiger partial charge in [-0.3, -0.25) is 14.5 Å². The molecule has 0 bridgehead atoms. The lowest BCUT2D eigenvalue weighted by Gasteiger charge is -2.14. The van der Waals surface area contributed by atoms with Crippen molar-refractivity contribution in [2.45, 2.75) is 13.2 Å². The van der Waals surface area contributed by atoms with Crippen LogP contribution in [0.25, 0.3) is 6.08 Å². The predicted molar refractivity (Wildman–Crippen MR) is 139 cm³/mol. The zero-order chi connectivity index (χ0) is 25.1. The van der Waals surface area contributed by atoms with Crippen molar-refractivity contribution in [2.75, 3.05) is 7.11 Å². The van der Waals surface area contributed by atoms with Gasteiger partial charge >= 0.3 is 0 Å². The van der Waals surface area contributed by atoms with Crippen LogP contribution in [-0.4, -0.2) is 23.2 Å². The average molecular weight is 597 g/mol. The smallest absolute Gasteiger partial charge is 0.293 e. The van der Waals surface area contributed by atoms with Gasteiger partial charge in [-0.1, -0.05) is 41.4 Å². The van der Waals surface area contributed by atoms with Gasteiger partial charge in [0.2, 0.25) is 0 Å². The Morgan fingerprint density at radius 2 is 1.83 bits per heavy atom. The summed E-state index contributed by atoms with van der Waals surface area (Å²) in [6.07, 6.45) is 1.62. The molecule has 10 heteroatoms. The summed E-state index contributed by atoms with van der Waals surface area (Å²) in [5.41, 5.74) is 2.04. The fourth-order valence-electron chi connectivity index (χ4n) is 3.31. The van der Waals surface area contributed by atoms with Gasteiger partial charge in [0.05, 0.1) is 23.0 Å². The molecule has 0 spiro atoms. The van der Waals surface area contributed by atoms with E-state index in [-0.39, 0.29) is 23.9 Å². The van der Waals surface area contributed by atoms with E-state index in [0.29, 0.717) is 37.1 Å². The van der Waals surface area contributed by atoms with Crippen molar-refractivity contribution in [1.82, 2.24) is 4.90 Å². The molecule has 1 fully saturated rings. The SMILES string of the molecule is COc1cc(/C=C2/SC(=O)N(Cc3ccc(Cl)cc3Cl)C2=O)cc(Br)c1OCc1ccc(F)cc1. The molecule has 5 nitrogen and oxygen atoms in total. The molecule has 4 rings (SSSR count). The number of rotatable bonds is 7. The van der Waals surface area contributed by atoms with Crippen LogP contribution >= 0.6 is 50.9 Å². The van der Waals surface area contributed by atoms with Crippen molar-refractivity contribution in [2.24, 2.45) is 0 Å². The second kappa shape index (κ2) is 11.0. The van der Waals surface area contributed by atoms with E-state index in [4.69, 9.17) is 32.7 Å². The van der Waals surface area contributed by atoms with Gasteiger partial charge in [0.25, 0.3) is 11.1 Å². The number of hydrogen-bond donors (Lipinski definition) is 0. The highest BCUT2D eigenvalue weighted by Gasteiger charge is 2.35. The van der Waals surface area contributed by atoms with E-state index in [1.165, 1.54) is 19.2 Å². The second-order valence-corrected chi connectivity index (χ2v) is 10.1. The van der Waals surface area contributed by atoms with Crippen LogP contribution in [0.2, 0.25) is 10.0 Å². The Bertz CT molecular complexity index is 1330. The molecule has 3 aromatic carbocycles. The molecule has 1 heterocycles. The maximum atomic E-state index is 13.1. The summed E-state index contributed by atoms with van der Waals surface area (Å²) in [5.74, 6) is 0.148. The van der Waals surface area contributed by atoms with Gasteiger partial charge in [0.15, 0.2) is 11.5 Å². The zero-order valence-electron chi connectivity index (χ0n) is 18.2. The minimum absolute atomic E-state index is 0.0428. The molecule has 2 amide bonds. The molecule has 0 unspecified atom stereocenters. The fourth-order valence-corrected chi connectivity index (χ4v) is 5.19. The second-order valence-electron chi connectivity index (χ2n) is 7.45. The number of thioether (sulfide) groups is 1. The van der Waals surface area contributed by atoms with Crippen LogP contribution in [0, 0.1) is 5.82 Å². The van der Waals surface area contributed by atoms with Gasteiger partial charge in [-0.25, -0.2) is 4.39 Å². The number of amides is 2. The molecule has 0 aliphatic carbocycles.